The van der Waals surface area contributed by atoms with Crippen LogP contribution in [-0.2, 0) is 16.6 Å². The lowest BCUT2D eigenvalue weighted by Gasteiger charge is -2.11. The lowest BCUT2D eigenvalue weighted by atomic mass is 10.2. The number of rotatable bonds is 10. The molecular weight excluding hydrogens is 308 g/mol. The van der Waals surface area contributed by atoms with Crippen molar-refractivity contribution in [2.75, 3.05) is 32.7 Å². The predicted molar refractivity (Wildman–Crippen MR) is 88.6 cm³/mol. The van der Waals surface area contributed by atoms with Gasteiger partial charge in [0.05, 0.1) is 12.0 Å². The van der Waals surface area contributed by atoms with E-state index in [1.54, 1.807) is 37.1 Å². The minimum atomic E-state index is -3.45. The Morgan fingerprint density at radius 2 is 2.05 bits per heavy atom. The van der Waals surface area contributed by atoms with Crippen molar-refractivity contribution in [3.8, 4) is 5.75 Å². The van der Waals surface area contributed by atoms with Gasteiger partial charge in [0.15, 0.2) is 0 Å². The summed E-state index contributed by atoms with van der Waals surface area (Å²) in [5.41, 5.74) is 0.824. The molecule has 0 aliphatic rings. The molecule has 21 heavy (non-hydrogen) atoms. The molecule has 0 aromatic heterocycles. The van der Waals surface area contributed by atoms with Crippen LogP contribution in [0.25, 0.3) is 0 Å². The van der Waals surface area contributed by atoms with Gasteiger partial charge < -0.3 is 10.1 Å². The van der Waals surface area contributed by atoms with Gasteiger partial charge in [-0.15, -0.1) is 0 Å². The lowest BCUT2D eigenvalue weighted by molar-refractivity contribution is 0.408. The van der Waals surface area contributed by atoms with E-state index >= 15 is 0 Å². The minimum absolute atomic E-state index is 0.276. The van der Waals surface area contributed by atoms with E-state index in [0.717, 1.165) is 24.2 Å². The van der Waals surface area contributed by atoms with Crippen LogP contribution in [0, 0.1) is 0 Å². The van der Waals surface area contributed by atoms with Crippen LogP contribution in [0.1, 0.15) is 18.4 Å². The van der Waals surface area contributed by atoms with Crippen molar-refractivity contribution in [2.24, 2.45) is 0 Å². The van der Waals surface area contributed by atoms with Crippen LogP contribution < -0.4 is 14.8 Å². The molecule has 7 heteroatoms. The van der Waals surface area contributed by atoms with Crippen LogP contribution in [0.15, 0.2) is 23.1 Å². The van der Waals surface area contributed by atoms with E-state index in [1.807, 2.05) is 13.3 Å². The second-order valence-corrected chi connectivity index (χ2v) is 7.35. The first-order chi connectivity index (χ1) is 10.0. The largest absolute Gasteiger partial charge is 0.496 e. The third-order valence-corrected chi connectivity index (χ3v) is 5.15. The third kappa shape index (κ3) is 5.86. The van der Waals surface area contributed by atoms with Crippen LogP contribution in [-0.4, -0.2) is 41.1 Å². The van der Waals surface area contributed by atoms with Crippen LogP contribution >= 0.6 is 11.8 Å². The zero-order valence-electron chi connectivity index (χ0n) is 12.8. The molecule has 0 fully saturated rings. The Bertz CT molecular complexity index is 533. The zero-order valence-corrected chi connectivity index (χ0v) is 14.4. The fourth-order valence-corrected chi connectivity index (χ4v) is 3.53. The van der Waals surface area contributed by atoms with Gasteiger partial charge in [-0.2, -0.15) is 11.8 Å². The van der Waals surface area contributed by atoms with E-state index in [0.29, 0.717) is 18.8 Å². The Morgan fingerprint density at radius 3 is 2.67 bits per heavy atom. The van der Waals surface area contributed by atoms with Crippen molar-refractivity contribution in [1.82, 2.24) is 10.0 Å². The van der Waals surface area contributed by atoms with Crippen molar-refractivity contribution >= 4 is 21.8 Å². The molecule has 1 aromatic carbocycles. The van der Waals surface area contributed by atoms with E-state index in [9.17, 15) is 8.42 Å². The summed E-state index contributed by atoms with van der Waals surface area (Å²) in [5, 5.41) is 3.01. The van der Waals surface area contributed by atoms with E-state index in [1.165, 1.54) is 0 Å². The Morgan fingerprint density at radius 1 is 1.29 bits per heavy atom. The molecule has 0 aliphatic carbocycles. The molecule has 1 aromatic rings. The van der Waals surface area contributed by atoms with Gasteiger partial charge in [-0.3, -0.25) is 0 Å². The topological polar surface area (TPSA) is 67.4 Å². The molecule has 0 atom stereocenters. The van der Waals surface area contributed by atoms with Gasteiger partial charge >= 0.3 is 0 Å². The maximum absolute atomic E-state index is 12.2. The van der Waals surface area contributed by atoms with E-state index in [4.69, 9.17) is 4.74 Å². The number of nitrogens with one attached hydrogen (secondary N) is 2. The first-order valence-corrected chi connectivity index (χ1v) is 9.73. The van der Waals surface area contributed by atoms with Crippen molar-refractivity contribution in [3.63, 3.8) is 0 Å². The molecule has 0 aliphatic heterocycles. The standard InChI is InChI=1S/C14H24N2O3S2/c1-15-11-12-10-13(6-7-14(12)19-2)21(17,18)16-8-4-5-9-20-3/h6-7,10,15-16H,4-5,8-9,11H2,1-3H3. The zero-order chi connectivity index (χ0) is 15.7. The highest BCUT2D eigenvalue weighted by Crippen LogP contribution is 2.22. The number of hydrogen-bond acceptors (Lipinski definition) is 5. The Labute approximate surface area is 131 Å². The molecule has 2 N–H and O–H groups in total. The summed E-state index contributed by atoms with van der Waals surface area (Å²) in [4.78, 5) is 0.276. The number of unbranched alkanes of at least 4 members (excludes halogenated alkanes) is 1. The van der Waals surface area contributed by atoms with Crippen molar-refractivity contribution in [2.45, 2.75) is 24.3 Å². The number of thioether (sulfide) groups is 1. The Hall–Kier alpha value is -0.760. The summed E-state index contributed by atoms with van der Waals surface area (Å²) in [5.74, 6) is 1.74. The normalized spacial score (nSPS) is 11.6. The highest BCUT2D eigenvalue weighted by Gasteiger charge is 2.15. The first kappa shape index (κ1) is 18.3. The minimum Gasteiger partial charge on any atom is -0.496 e. The van der Waals surface area contributed by atoms with Gasteiger partial charge in [0.1, 0.15) is 5.75 Å². The van der Waals surface area contributed by atoms with Crippen molar-refractivity contribution in [1.29, 1.82) is 0 Å². The van der Waals surface area contributed by atoms with Crippen molar-refractivity contribution in [3.05, 3.63) is 23.8 Å². The molecule has 1 rings (SSSR count). The fraction of sp³-hybridized carbons (Fsp3) is 0.571. The average molecular weight is 332 g/mol. The van der Waals surface area contributed by atoms with E-state index in [-0.39, 0.29) is 4.90 Å². The molecule has 0 spiro atoms. The molecule has 0 amide bonds. The molecule has 0 saturated heterocycles. The second kappa shape index (κ2) is 9.30. The summed E-state index contributed by atoms with van der Waals surface area (Å²) in [7, 11) is -0.0672. The van der Waals surface area contributed by atoms with Gasteiger partial charge in [0.25, 0.3) is 0 Å². The molecule has 0 unspecified atom stereocenters. The molecule has 0 bridgehead atoms. The number of hydrogen-bond donors (Lipinski definition) is 2. The Balaban J connectivity index is 2.76. The van der Waals surface area contributed by atoms with Crippen LogP contribution in [0.3, 0.4) is 0 Å². The predicted octanol–water partition coefficient (Wildman–Crippen LogP) is 1.84. The SMILES string of the molecule is CNCc1cc(S(=O)(=O)NCCCCSC)ccc1OC. The second-order valence-electron chi connectivity index (χ2n) is 4.60. The lowest BCUT2D eigenvalue weighted by Crippen LogP contribution is -2.25. The summed E-state index contributed by atoms with van der Waals surface area (Å²) in [6.07, 6.45) is 3.90. The molecular formula is C14H24N2O3S2. The fourth-order valence-electron chi connectivity index (χ4n) is 1.91. The Kier molecular flexibility index (Phi) is 8.10. The van der Waals surface area contributed by atoms with Crippen LogP contribution in [0.2, 0.25) is 0 Å². The number of methoxy groups -OCH3 is 1. The maximum Gasteiger partial charge on any atom is 0.240 e. The summed E-state index contributed by atoms with van der Waals surface area (Å²) >= 11 is 1.77. The number of benzene rings is 1. The summed E-state index contributed by atoms with van der Waals surface area (Å²) in [6, 6.07) is 4.91. The van der Waals surface area contributed by atoms with E-state index < -0.39 is 10.0 Å². The monoisotopic (exact) mass is 332 g/mol. The molecule has 5 nitrogen and oxygen atoms in total. The third-order valence-electron chi connectivity index (χ3n) is 3.00. The van der Waals surface area contributed by atoms with Crippen LogP contribution in [0.5, 0.6) is 5.75 Å². The first-order valence-electron chi connectivity index (χ1n) is 6.85. The molecule has 0 saturated carbocycles. The average Bonchev–Trinajstić information content (AvgIpc) is 2.47. The molecule has 0 radical (unpaired) electrons. The summed E-state index contributed by atoms with van der Waals surface area (Å²) in [6.45, 7) is 1.02. The quantitative estimate of drug-likeness (QED) is 0.640. The van der Waals surface area contributed by atoms with Gasteiger partial charge in [0.2, 0.25) is 10.0 Å². The molecule has 0 heterocycles. The number of ether oxygens (including phenoxy) is 1. The smallest absolute Gasteiger partial charge is 0.240 e. The van der Waals surface area contributed by atoms with Gasteiger partial charge in [0, 0.05) is 18.7 Å². The van der Waals surface area contributed by atoms with Gasteiger partial charge in [-0.1, -0.05) is 0 Å². The molecule has 120 valence electrons. The summed E-state index contributed by atoms with van der Waals surface area (Å²) < 4.78 is 32.4. The van der Waals surface area contributed by atoms with Crippen LogP contribution in [0.4, 0.5) is 0 Å². The van der Waals surface area contributed by atoms with Crippen molar-refractivity contribution < 1.29 is 13.2 Å². The van der Waals surface area contributed by atoms with Gasteiger partial charge in [-0.05, 0) is 50.1 Å². The van der Waals surface area contributed by atoms with Gasteiger partial charge in [-0.25, -0.2) is 13.1 Å². The highest BCUT2D eigenvalue weighted by molar-refractivity contribution is 7.98. The maximum atomic E-state index is 12.2. The van der Waals surface area contributed by atoms with E-state index in [2.05, 4.69) is 10.0 Å². The number of sulfonamides is 1. The highest BCUT2D eigenvalue weighted by atomic mass is 32.2.